The Hall–Kier alpha value is -0.790. The molecule has 1 aliphatic rings. The molecule has 20 heavy (non-hydrogen) atoms. The van der Waals surface area contributed by atoms with Crippen molar-refractivity contribution in [1.82, 2.24) is 4.72 Å². The fraction of sp³-hybridized carbons (Fsp3) is 0.538. The van der Waals surface area contributed by atoms with Gasteiger partial charge in [-0.05, 0) is 37.3 Å². The van der Waals surface area contributed by atoms with Gasteiger partial charge in [0.1, 0.15) is 5.82 Å². The molecule has 0 spiro atoms. The van der Waals surface area contributed by atoms with Crippen molar-refractivity contribution in [2.45, 2.75) is 35.3 Å². The molecule has 0 radical (unpaired) electrons. The lowest BCUT2D eigenvalue weighted by Crippen LogP contribution is -2.38. The second-order valence-corrected chi connectivity index (χ2v) is 8.18. The minimum Gasteiger partial charge on any atom is -0.399 e. The Kier molecular flexibility index (Phi) is 4.61. The van der Waals surface area contributed by atoms with Crippen LogP contribution in [0.2, 0.25) is 0 Å². The zero-order valence-electron chi connectivity index (χ0n) is 11.4. The van der Waals surface area contributed by atoms with Crippen LogP contribution in [0, 0.1) is 5.82 Å². The van der Waals surface area contributed by atoms with Crippen LogP contribution in [0.4, 0.5) is 10.1 Å². The van der Waals surface area contributed by atoms with Crippen LogP contribution >= 0.6 is 11.8 Å². The molecular weight excluding hydrogens is 299 g/mol. The topological polar surface area (TPSA) is 72.2 Å². The SMILES string of the molecule is CSC1(CNS(=O)(=O)c2cc(N)cc(F)c2)CCCC1. The van der Waals surface area contributed by atoms with E-state index in [4.69, 9.17) is 5.73 Å². The molecule has 0 aromatic heterocycles. The normalized spacial score (nSPS) is 18.3. The largest absolute Gasteiger partial charge is 0.399 e. The average Bonchev–Trinajstić information content (AvgIpc) is 2.85. The van der Waals surface area contributed by atoms with Crippen molar-refractivity contribution in [3.63, 3.8) is 0 Å². The molecular formula is C13H19FN2O2S2. The Morgan fingerprint density at radius 1 is 1.35 bits per heavy atom. The summed E-state index contributed by atoms with van der Waals surface area (Å²) in [6.07, 6.45) is 6.24. The van der Waals surface area contributed by atoms with Crippen molar-refractivity contribution in [2.75, 3.05) is 18.5 Å². The van der Waals surface area contributed by atoms with Crippen molar-refractivity contribution >= 4 is 27.5 Å². The van der Waals surface area contributed by atoms with Gasteiger partial charge in [-0.1, -0.05) is 12.8 Å². The molecule has 1 fully saturated rings. The van der Waals surface area contributed by atoms with E-state index in [-0.39, 0.29) is 15.3 Å². The minimum atomic E-state index is -3.72. The standard InChI is InChI=1S/C13H19FN2O2S2/c1-19-13(4-2-3-5-13)9-16-20(17,18)12-7-10(14)6-11(15)8-12/h6-8,16H,2-5,9,15H2,1H3. The molecule has 7 heteroatoms. The molecule has 1 aliphatic carbocycles. The molecule has 1 aromatic rings. The van der Waals surface area contributed by atoms with Gasteiger partial charge in [-0.2, -0.15) is 11.8 Å². The minimum absolute atomic E-state index is 0.0358. The molecule has 0 amide bonds. The number of hydrogen-bond acceptors (Lipinski definition) is 4. The number of benzene rings is 1. The Bertz CT molecular complexity index is 564. The zero-order valence-corrected chi connectivity index (χ0v) is 13.0. The summed E-state index contributed by atoms with van der Waals surface area (Å²) < 4.78 is 40.2. The highest BCUT2D eigenvalue weighted by Gasteiger charge is 2.34. The van der Waals surface area contributed by atoms with Crippen molar-refractivity contribution in [2.24, 2.45) is 0 Å². The first-order valence-electron chi connectivity index (χ1n) is 6.48. The molecule has 1 saturated carbocycles. The van der Waals surface area contributed by atoms with Gasteiger partial charge in [-0.25, -0.2) is 17.5 Å². The lowest BCUT2D eigenvalue weighted by Gasteiger charge is -2.26. The van der Waals surface area contributed by atoms with Gasteiger partial charge >= 0.3 is 0 Å². The number of anilines is 1. The first kappa shape index (κ1) is 15.6. The van der Waals surface area contributed by atoms with E-state index in [1.807, 2.05) is 6.26 Å². The highest BCUT2D eigenvalue weighted by Crippen LogP contribution is 2.39. The number of hydrogen-bond donors (Lipinski definition) is 2. The van der Waals surface area contributed by atoms with Crippen LogP contribution < -0.4 is 10.5 Å². The van der Waals surface area contributed by atoms with Crippen LogP contribution in [-0.2, 0) is 10.0 Å². The molecule has 0 heterocycles. The molecule has 0 saturated heterocycles. The second kappa shape index (κ2) is 5.91. The maximum absolute atomic E-state index is 13.3. The van der Waals surface area contributed by atoms with E-state index in [9.17, 15) is 12.8 Å². The summed E-state index contributed by atoms with van der Waals surface area (Å²) in [5.41, 5.74) is 5.59. The van der Waals surface area contributed by atoms with E-state index in [1.54, 1.807) is 11.8 Å². The number of thioether (sulfide) groups is 1. The van der Waals surface area contributed by atoms with Gasteiger partial charge in [0.05, 0.1) is 4.90 Å². The molecule has 3 N–H and O–H groups in total. The predicted molar refractivity (Wildman–Crippen MR) is 80.7 cm³/mol. The van der Waals surface area contributed by atoms with Crippen molar-refractivity contribution in [3.05, 3.63) is 24.0 Å². The smallest absolute Gasteiger partial charge is 0.240 e. The lowest BCUT2D eigenvalue weighted by atomic mass is 10.1. The van der Waals surface area contributed by atoms with Crippen LogP contribution in [0.25, 0.3) is 0 Å². The van der Waals surface area contributed by atoms with Crippen molar-refractivity contribution in [1.29, 1.82) is 0 Å². The summed E-state index contributed by atoms with van der Waals surface area (Å²) in [5.74, 6) is -0.647. The Balaban J connectivity index is 2.15. The quantitative estimate of drug-likeness (QED) is 0.818. The van der Waals surface area contributed by atoms with Crippen LogP contribution in [0.15, 0.2) is 23.1 Å². The molecule has 0 unspecified atom stereocenters. The van der Waals surface area contributed by atoms with E-state index in [0.717, 1.165) is 37.8 Å². The van der Waals surface area contributed by atoms with Crippen LogP contribution in [0.5, 0.6) is 0 Å². The van der Waals surface area contributed by atoms with Gasteiger partial charge in [0.25, 0.3) is 0 Å². The fourth-order valence-corrected chi connectivity index (χ4v) is 4.72. The van der Waals surface area contributed by atoms with Crippen LogP contribution in [0.1, 0.15) is 25.7 Å². The van der Waals surface area contributed by atoms with Gasteiger partial charge in [-0.15, -0.1) is 0 Å². The van der Waals surface area contributed by atoms with Gasteiger partial charge in [0.15, 0.2) is 0 Å². The summed E-state index contributed by atoms with van der Waals surface area (Å²) in [6, 6.07) is 3.35. The fourth-order valence-electron chi connectivity index (χ4n) is 2.52. The Morgan fingerprint density at radius 2 is 2.00 bits per heavy atom. The number of sulfonamides is 1. The number of nitrogens with one attached hydrogen (secondary N) is 1. The van der Waals surface area contributed by atoms with E-state index < -0.39 is 15.8 Å². The van der Waals surface area contributed by atoms with E-state index in [2.05, 4.69) is 4.72 Å². The van der Waals surface area contributed by atoms with Crippen LogP contribution in [-0.4, -0.2) is 26.0 Å². The van der Waals surface area contributed by atoms with Crippen molar-refractivity contribution < 1.29 is 12.8 Å². The third kappa shape index (κ3) is 3.45. The molecule has 0 aliphatic heterocycles. The monoisotopic (exact) mass is 318 g/mol. The summed E-state index contributed by atoms with van der Waals surface area (Å²) in [6.45, 7) is 0.368. The van der Waals surface area contributed by atoms with Gasteiger partial charge in [0, 0.05) is 17.0 Å². The number of halogens is 1. The molecule has 0 bridgehead atoms. The van der Waals surface area contributed by atoms with Gasteiger partial charge in [-0.3, -0.25) is 0 Å². The van der Waals surface area contributed by atoms with E-state index >= 15 is 0 Å². The summed E-state index contributed by atoms with van der Waals surface area (Å²) >= 11 is 1.70. The number of nitrogen functional groups attached to an aromatic ring is 1. The second-order valence-electron chi connectivity index (χ2n) is 5.14. The highest BCUT2D eigenvalue weighted by atomic mass is 32.2. The van der Waals surface area contributed by atoms with Gasteiger partial charge < -0.3 is 5.73 Å². The first-order chi connectivity index (χ1) is 9.37. The number of nitrogens with two attached hydrogens (primary N) is 1. The first-order valence-corrected chi connectivity index (χ1v) is 9.19. The van der Waals surface area contributed by atoms with Crippen LogP contribution in [0.3, 0.4) is 0 Å². The third-order valence-electron chi connectivity index (χ3n) is 3.74. The Morgan fingerprint density at radius 3 is 2.55 bits per heavy atom. The summed E-state index contributed by atoms with van der Waals surface area (Å²) in [4.78, 5) is -0.121. The highest BCUT2D eigenvalue weighted by molar-refractivity contribution is 8.00. The maximum Gasteiger partial charge on any atom is 0.240 e. The molecule has 112 valence electrons. The lowest BCUT2D eigenvalue weighted by molar-refractivity contribution is 0.549. The third-order valence-corrected chi connectivity index (χ3v) is 6.54. The zero-order chi connectivity index (χ0) is 14.8. The van der Waals surface area contributed by atoms with Gasteiger partial charge in [0.2, 0.25) is 10.0 Å². The molecule has 2 rings (SSSR count). The summed E-state index contributed by atoms with van der Waals surface area (Å²) in [7, 11) is -3.72. The van der Waals surface area contributed by atoms with Crippen molar-refractivity contribution in [3.8, 4) is 0 Å². The summed E-state index contributed by atoms with van der Waals surface area (Å²) in [5, 5.41) is 0. The predicted octanol–water partition coefficient (Wildman–Crippen LogP) is 2.36. The maximum atomic E-state index is 13.3. The average molecular weight is 318 g/mol. The van der Waals surface area contributed by atoms with E-state index in [0.29, 0.717) is 6.54 Å². The van der Waals surface area contributed by atoms with E-state index in [1.165, 1.54) is 6.07 Å². The molecule has 1 aromatic carbocycles. The number of rotatable bonds is 5. The Labute approximate surface area is 123 Å². The molecule has 0 atom stereocenters. The molecule has 4 nitrogen and oxygen atoms in total.